The summed E-state index contributed by atoms with van der Waals surface area (Å²) < 4.78 is 0. The molecule has 0 unspecified atom stereocenters. The molecular weight excluding hydrogens is 152 g/mol. The Morgan fingerprint density at radius 1 is 1.25 bits per heavy atom. The van der Waals surface area contributed by atoms with Crippen LogP contribution in [0.4, 0.5) is 0 Å². The highest BCUT2D eigenvalue weighted by molar-refractivity contribution is 4.93. The molecule has 2 N–H and O–H groups in total. The fourth-order valence-electron chi connectivity index (χ4n) is 0.817. The van der Waals surface area contributed by atoms with Crippen molar-refractivity contribution in [3.63, 3.8) is 0 Å². The molecule has 0 saturated heterocycles. The van der Waals surface area contributed by atoms with Crippen LogP contribution >= 0.6 is 0 Å². The van der Waals surface area contributed by atoms with Gasteiger partial charge in [0.1, 0.15) is 0 Å². The number of aliphatic hydroxyl groups excluding tert-OH is 2. The smallest absolute Gasteiger partial charge is 0.0756 e. The van der Waals surface area contributed by atoms with Crippen molar-refractivity contribution in [2.45, 2.75) is 32.3 Å². The Labute approximate surface area is 74.2 Å². The molecule has 2 heteroatoms. The van der Waals surface area contributed by atoms with Gasteiger partial charge in [-0.3, -0.25) is 0 Å². The van der Waals surface area contributed by atoms with Crippen molar-refractivity contribution in [1.29, 1.82) is 0 Å². The lowest BCUT2D eigenvalue weighted by Gasteiger charge is -1.98. The molecule has 0 saturated carbocycles. The van der Waals surface area contributed by atoms with E-state index in [1.54, 1.807) is 12.2 Å². The van der Waals surface area contributed by atoms with Crippen molar-refractivity contribution in [2.24, 2.45) is 0 Å². The van der Waals surface area contributed by atoms with Gasteiger partial charge in [0.15, 0.2) is 0 Å². The molecule has 0 amide bonds. The summed E-state index contributed by atoms with van der Waals surface area (Å²) in [7, 11) is 0. The fourth-order valence-corrected chi connectivity index (χ4v) is 0.817. The van der Waals surface area contributed by atoms with Gasteiger partial charge in [-0.1, -0.05) is 37.6 Å². The molecule has 0 aromatic heterocycles. The predicted molar refractivity (Wildman–Crippen MR) is 50.9 cm³/mol. The molecule has 1 atom stereocenters. The highest BCUT2D eigenvalue weighted by Crippen LogP contribution is 1.97. The Kier molecular flexibility index (Phi) is 8.07. The first-order valence-electron chi connectivity index (χ1n) is 4.41. The fraction of sp³-hybridized carbons (Fsp3) is 0.600. The molecule has 0 radical (unpaired) electrons. The minimum absolute atomic E-state index is 0.00423. The summed E-state index contributed by atoms with van der Waals surface area (Å²) >= 11 is 0. The van der Waals surface area contributed by atoms with Gasteiger partial charge in [-0.05, 0) is 12.8 Å². The molecule has 0 spiro atoms. The molecule has 12 heavy (non-hydrogen) atoms. The van der Waals surface area contributed by atoms with E-state index < -0.39 is 6.10 Å². The zero-order valence-electron chi connectivity index (χ0n) is 7.61. The number of rotatable bonds is 6. The monoisotopic (exact) mass is 170 g/mol. The first kappa shape index (κ1) is 11.4. The molecule has 0 aromatic carbocycles. The van der Waals surface area contributed by atoms with Crippen LogP contribution in [0.1, 0.15) is 26.2 Å². The number of aliphatic hydroxyl groups is 2. The average Bonchev–Trinajstić information content (AvgIpc) is 2.09. The van der Waals surface area contributed by atoms with Crippen molar-refractivity contribution in [1.82, 2.24) is 0 Å². The first-order chi connectivity index (χ1) is 5.81. The van der Waals surface area contributed by atoms with Crippen molar-refractivity contribution >= 4 is 0 Å². The molecule has 2 nitrogen and oxygen atoms in total. The predicted octanol–water partition coefficient (Wildman–Crippen LogP) is 1.64. The summed E-state index contributed by atoms with van der Waals surface area (Å²) in [6, 6.07) is 0. The number of hydrogen-bond donors (Lipinski definition) is 2. The van der Waals surface area contributed by atoms with Crippen LogP contribution in [0.3, 0.4) is 0 Å². The number of allylic oxidation sites excluding steroid dienone is 1. The van der Waals surface area contributed by atoms with Crippen molar-refractivity contribution in [3.05, 3.63) is 24.3 Å². The molecule has 0 aliphatic rings. The van der Waals surface area contributed by atoms with Crippen LogP contribution in [0.5, 0.6) is 0 Å². The van der Waals surface area contributed by atoms with Gasteiger partial charge in [-0.25, -0.2) is 0 Å². The lowest BCUT2D eigenvalue weighted by Crippen LogP contribution is -1.99. The Morgan fingerprint density at radius 3 is 2.58 bits per heavy atom. The van der Waals surface area contributed by atoms with Gasteiger partial charge >= 0.3 is 0 Å². The van der Waals surface area contributed by atoms with Gasteiger partial charge in [0.2, 0.25) is 0 Å². The summed E-state index contributed by atoms with van der Waals surface area (Å²) in [4.78, 5) is 0. The van der Waals surface area contributed by atoms with E-state index in [9.17, 15) is 5.11 Å². The van der Waals surface area contributed by atoms with E-state index in [1.165, 1.54) is 0 Å². The summed E-state index contributed by atoms with van der Waals surface area (Å²) in [5.74, 6) is 0. The van der Waals surface area contributed by atoms with Gasteiger partial charge in [-0.15, -0.1) is 0 Å². The third-order valence-corrected chi connectivity index (χ3v) is 1.46. The second-order valence-corrected chi connectivity index (χ2v) is 2.67. The zero-order valence-corrected chi connectivity index (χ0v) is 7.61. The summed E-state index contributed by atoms with van der Waals surface area (Å²) in [5, 5.41) is 17.6. The van der Waals surface area contributed by atoms with Crippen molar-refractivity contribution in [3.8, 4) is 0 Å². The summed E-state index contributed by atoms with van der Waals surface area (Å²) in [5.41, 5.74) is 0. The lowest BCUT2D eigenvalue weighted by atomic mass is 10.2. The summed E-state index contributed by atoms with van der Waals surface area (Å²) in [6.07, 6.45) is 9.58. The average molecular weight is 170 g/mol. The van der Waals surface area contributed by atoms with Gasteiger partial charge in [0.05, 0.1) is 12.7 Å². The highest BCUT2D eigenvalue weighted by Gasteiger charge is 1.92. The van der Waals surface area contributed by atoms with Crippen molar-refractivity contribution in [2.75, 3.05) is 6.61 Å². The van der Waals surface area contributed by atoms with Crippen LogP contribution in [-0.2, 0) is 0 Å². The molecule has 0 aromatic rings. The molecule has 70 valence electrons. The van der Waals surface area contributed by atoms with E-state index in [4.69, 9.17) is 5.11 Å². The van der Waals surface area contributed by atoms with Gasteiger partial charge < -0.3 is 10.2 Å². The zero-order chi connectivity index (χ0) is 9.23. The third-order valence-electron chi connectivity index (χ3n) is 1.46. The molecular formula is C10H18O2. The van der Waals surface area contributed by atoms with Crippen LogP contribution in [0.25, 0.3) is 0 Å². The first-order valence-corrected chi connectivity index (χ1v) is 4.41. The van der Waals surface area contributed by atoms with Crippen LogP contribution in [-0.4, -0.2) is 22.9 Å². The van der Waals surface area contributed by atoms with Gasteiger partial charge in [0.25, 0.3) is 0 Å². The minimum atomic E-state index is -0.453. The van der Waals surface area contributed by atoms with Gasteiger partial charge in [0, 0.05) is 0 Å². The van der Waals surface area contributed by atoms with Crippen LogP contribution in [0.2, 0.25) is 0 Å². The standard InChI is InChI=1S/C10H18O2/c1-2-3-4-5-7-10(12)8-6-9-11/h4-6,8,10-12H,2-3,7,9H2,1H3/b5-4+,8-6+/t10-/m0/s1. The third kappa shape index (κ3) is 7.51. The van der Waals surface area contributed by atoms with E-state index in [0.717, 1.165) is 12.8 Å². The van der Waals surface area contributed by atoms with E-state index in [-0.39, 0.29) is 6.61 Å². The highest BCUT2D eigenvalue weighted by atomic mass is 16.3. The second kappa shape index (κ2) is 8.50. The van der Waals surface area contributed by atoms with E-state index in [1.807, 2.05) is 6.08 Å². The van der Waals surface area contributed by atoms with Crippen LogP contribution in [0, 0.1) is 0 Å². The molecule has 0 aliphatic heterocycles. The second-order valence-electron chi connectivity index (χ2n) is 2.67. The van der Waals surface area contributed by atoms with Crippen LogP contribution < -0.4 is 0 Å². The van der Waals surface area contributed by atoms with Crippen molar-refractivity contribution < 1.29 is 10.2 Å². The number of hydrogen-bond acceptors (Lipinski definition) is 2. The van der Waals surface area contributed by atoms with E-state index in [2.05, 4.69) is 13.0 Å². The Balaban J connectivity index is 3.42. The topological polar surface area (TPSA) is 40.5 Å². The Bertz CT molecular complexity index is 139. The maximum absolute atomic E-state index is 9.23. The molecule has 0 heterocycles. The summed E-state index contributed by atoms with van der Waals surface area (Å²) in [6.45, 7) is 2.11. The van der Waals surface area contributed by atoms with E-state index in [0.29, 0.717) is 6.42 Å². The SMILES string of the molecule is CCC/C=C/C[C@H](O)/C=C/CO. The molecule has 0 fully saturated rings. The lowest BCUT2D eigenvalue weighted by molar-refractivity contribution is 0.225. The maximum Gasteiger partial charge on any atom is 0.0756 e. The minimum Gasteiger partial charge on any atom is -0.392 e. The number of unbranched alkanes of at least 4 members (excludes halogenated alkanes) is 1. The Hall–Kier alpha value is -0.600. The normalized spacial score (nSPS) is 14.6. The quantitative estimate of drug-likeness (QED) is 0.595. The van der Waals surface area contributed by atoms with E-state index >= 15 is 0 Å². The molecule has 0 bridgehead atoms. The largest absolute Gasteiger partial charge is 0.392 e. The molecule has 0 aliphatic carbocycles. The Morgan fingerprint density at radius 2 is 2.00 bits per heavy atom. The van der Waals surface area contributed by atoms with Crippen LogP contribution in [0.15, 0.2) is 24.3 Å². The molecule has 0 rings (SSSR count). The van der Waals surface area contributed by atoms with Gasteiger partial charge in [-0.2, -0.15) is 0 Å². The maximum atomic E-state index is 9.23.